The highest BCUT2D eigenvalue weighted by molar-refractivity contribution is 6.31. The number of hydrogen-bond donors (Lipinski definition) is 0. The third-order valence-electron chi connectivity index (χ3n) is 3.02. The van der Waals surface area contributed by atoms with E-state index >= 15 is 0 Å². The van der Waals surface area contributed by atoms with Crippen molar-refractivity contribution in [1.29, 1.82) is 0 Å². The number of halogens is 3. The highest BCUT2D eigenvalue weighted by Crippen LogP contribution is 2.21. The summed E-state index contributed by atoms with van der Waals surface area (Å²) in [6.07, 6.45) is 0.196. The van der Waals surface area contributed by atoms with Crippen LogP contribution in [-0.2, 0) is 17.6 Å². The molecule has 0 aliphatic carbocycles. The topological polar surface area (TPSA) is 17.1 Å². The molecule has 0 aromatic heterocycles. The summed E-state index contributed by atoms with van der Waals surface area (Å²) in [7, 11) is 0. The van der Waals surface area contributed by atoms with Crippen molar-refractivity contribution in [3.05, 3.63) is 69.0 Å². The van der Waals surface area contributed by atoms with Crippen LogP contribution in [0.4, 0.5) is 4.39 Å². The molecule has 0 heterocycles. The molecule has 0 saturated heterocycles. The average molecular weight is 311 g/mol. The van der Waals surface area contributed by atoms with Crippen molar-refractivity contribution < 1.29 is 9.18 Å². The Labute approximate surface area is 127 Å². The predicted octanol–water partition coefficient (Wildman–Crippen LogP) is 4.80. The highest BCUT2D eigenvalue weighted by Gasteiger charge is 2.12. The maximum absolute atomic E-state index is 13.7. The normalized spacial score (nSPS) is 10.6. The van der Waals surface area contributed by atoms with Crippen LogP contribution in [0.25, 0.3) is 0 Å². The second-order valence-corrected chi connectivity index (χ2v) is 5.51. The second-order valence-electron chi connectivity index (χ2n) is 4.70. The van der Waals surface area contributed by atoms with Crippen LogP contribution in [-0.4, -0.2) is 5.78 Å². The SMILES string of the molecule is Cc1ccc(CC(=O)Cc2cccc(Cl)c2F)c(Cl)c1. The minimum Gasteiger partial charge on any atom is -0.299 e. The number of ketones is 1. The molecule has 104 valence electrons. The molecular formula is C16H13Cl2FO. The van der Waals surface area contributed by atoms with Crippen LogP contribution in [0, 0.1) is 12.7 Å². The molecule has 0 atom stereocenters. The molecule has 0 radical (unpaired) electrons. The van der Waals surface area contributed by atoms with Crippen molar-refractivity contribution in [2.75, 3.05) is 0 Å². The van der Waals surface area contributed by atoms with Gasteiger partial charge in [0.05, 0.1) is 5.02 Å². The van der Waals surface area contributed by atoms with Gasteiger partial charge in [0, 0.05) is 17.9 Å². The largest absolute Gasteiger partial charge is 0.299 e. The molecule has 0 unspecified atom stereocenters. The monoisotopic (exact) mass is 310 g/mol. The van der Waals surface area contributed by atoms with Gasteiger partial charge >= 0.3 is 0 Å². The van der Waals surface area contributed by atoms with Gasteiger partial charge in [0.15, 0.2) is 0 Å². The first kappa shape index (κ1) is 15.0. The van der Waals surface area contributed by atoms with Crippen molar-refractivity contribution in [3.63, 3.8) is 0 Å². The van der Waals surface area contributed by atoms with Gasteiger partial charge < -0.3 is 0 Å². The quantitative estimate of drug-likeness (QED) is 0.793. The summed E-state index contributed by atoms with van der Waals surface area (Å²) in [5.41, 5.74) is 2.10. The number of carbonyl (C=O) groups excluding carboxylic acids is 1. The summed E-state index contributed by atoms with van der Waals surface area (Å²) in [5.74, 6) is -0.630. The van der Waals surface area contributed by atoms with E-state index in [9.17, 15) is 9.18 Å². The molecule has 1 nitrogen and oxygen atoms in total. The fourth-order valence-electron chi connectivity index (χ4n) is 1.97. The van der Waals surface area contributed by atoms with Gasteiger partial charge in [-0.3, -0.25) is 4.79 Å². The molecule has 0 bridgehead atoms. The molecule has 2 rings (SSSR count). The zero-order valence-electron chi connectivity index (χ0n) is 10.9. The maximum Gasteiger partial charge on any atom is 0.145 e. The first-order valence-corrected chi connectivity index (χ1v) is 6.92. The lowest BCUT2D eigenvalue weighted by Gasteiger charge is -2.06. The summed E-state index contributed by atoms with van der Waals surface area (Å²) in [6.45, 7) is 1.93. The number of rotatable bonds is 4. The molecule has 20 heavy (non-hydrogen) atoms. The lowest BCUT2D eigenvalue weighted by molar-refractivity contribution is -0.117. The van der Waals surface area contributed by atoms with Gasteiger partial charge in [-0.15, -0.1) is 0 Å². The zero-order chi connectivity index (χ0) is 14.7. The summed E-state index contributed by atoms with van der Waals surface area (Å²) in [4.78, 5) is 12.0. The molecule has 2 aromatic rings. The number of Topliss-reactive ketones (excluding diaryl/α,β-unsaturated/α-hetero) is 1. The number of hydrogen-bond acceptors (Lipinski definition) is 1. The lowest BCUT2D eigenvalue weighted by Crippen LogP contribution is -2.08. The van der Waals surface area contributed by atoms with Crippen LogP contribution >= 0.6 is 23.2 Å². The third-order valence-corrected chi connectivity index (χ3v) is 3.66. The van der Waals surface area contributed by atoms with Gasteiger partial charge in [-0.05, 0) is 35.7 Å². The second kappa shape index (κ2) is 6.38. The lowest BCUT2D eigenvalue weighted by atomic mass is 10.0. The Morgan fingerprint density at radius 3 is 2.45 bits per heavy atom. The van der Waals surface area contributed by atoms with E-state index in [-0.39, 0.29) is 23.6 Å². The Morgan fingerprint density at radius 1 is 1.05 bits per heavy atom. The molecule has 0 amide bonds. The maximum atomic E-state index is 13.7. The van der Waals surface area contributed by atoms with Gasteiger partial charge in [0.1, 0.15) is 11.6 Å². The first-order chi connectivity index (χ1) is 9.47. The zero-order valence-corrected chi connectivity index (χ0v) is 12.4. The standard InChI is InChI=1S/C16H13Cl2FO/c1-10-5-6-11(15(18)7-10)8-13(20)9-12-3-2-4-14(17)16(12)19/h2-7H,8-9H2,1H3. The third kappa shape index (κ3) is 3.59. The van der Waals surface area contributed by atoms with Crippen molar-refractivity contribution in [2.45, 2.75) is 19.8 Å². The fourth-order valence-corrected chi connectivity index (χ4v) is 2.46. The van der Waals surface area contributed by atoms with Crippen molar-refractivity contribution in [1.82, 2.24) is 0 Å². The Balaban J connectivity index is 2.11. The number of aryl methyl sites for hydroxylation is 1. The van der Waals surface area contributed by atoms with Gasteiger partial charge in [-0.2, -0.15) is 0 Å². The van der Waals surface area contributed by atoms with E-state index in [1.54, 1.807) is 12.1 Å². The Kier molecular flexibility index (Phi) is 4.79. The van der Waals surface area contributed by atoms with Crippen LogP contribution in [0.1, 0.15) is 16.7 Å². The summed E-state index contributed by atoms with van der Waals surface area (Å²) >= 11 is 11.8. The molecule has 4 heteroatoms. The predicted molar refractivity (Wildman–Crippen MR) is 80.0 cm³/mol. The molecule has 0 aliphatic heterocycles. The van der Waals surface area contributed by atoms with Crippen LogP contribution < -0.4 is 0 Å². The van der Waals surface area contributed by atoms with E-state index in [2.05, 4.69) is 0 Å². The number of carbonyl (C=O) groups is 1. The van der Waals surface area contributed by atoms with Gasteiger partial charge in [0.2, 0.25) is 0 Å². The van der Waals surface area contributed by atoms with Crippen LogP contribution in [0.3, 0.4) is 0 Å². The van der Waals surface area contributed by atoms with Crippen LogP contribution in [0.2, 0.25) is 10.0 Å². The Bertz CT molecular complexity index is 653. The summed E-state index contributed by atoms with van der Waals surface area (Å²) in [6, 6.07) is 10.2. The molecule has 2 aromatic carbocycles. The molecule has 0 N–H and O–H groups in total. The van der Waals surface area contributed by atoms with Crippen molar-refractivity contribution in [3.8, 4) is 0 Å². The fraction of sp³-hybridized carbons (Fsp3) is 0.188. The van der Waals surface area contributed by atoms with E-state index in [0.29, 0.717) is 10.6 Å². The van der Waals surface area contributed by atoms with E-state index in [1.807, 2.05) is 25.1 Å². The minimum atomic E-state index is -0.530. The van der Waals surface area contributed by atoms with E-state index in [0.717, 1.165) is 11.1 Å². The van der Waals surface area contributed by atoms with Gasteiger partial charge in [0.25, 0.3) is 0 Å². The molecule has 0 fully saturated rings. The minimum absolute atomic E-state index is 0.0105. The first-order valence-electron chi connectivity index (χ1n) is 6.17. The summed E-state index contributed by atoms with van der Waals surface area (Å²) < 4.78 is 13.7. The molecule has 0 saturated carbocycles. The number of benzene rings is 2. The van der Waals surface area contributed by atoms with Gasteiger partial charge in [-0.1, -0.05) is 47.5 Å². The van der Waals surface area contributed by atoms with E-state index < -0.39 is 5.82 Å². The molecule has 0 spiro atoms. The van der Waals surface area contributed by atoms with Gasteiger partial charge in [-0.25, -0.2) is 4.39 Å². The Morgan fingerprint density at radius 2 is 1.75 bits per heavy atom. The van der Waals surface area contributed by atoms with Crippen LogP contribution in [0.15, 0.2) is 36.4 Å². The molecule has 0 aliphatic rings. The Hall–Kier alpha value is -1.38. The smallest absolute Gasteiger partial charge is 0.145 e. The molecular weight excluding hydrogens is 298 g/mol. The van der Waals surface area contributed by atoms with Crippen LogP contribution in [0.5, 0.6) is 0 Å². The summed E-state index contributed by atoms with van der Waals surface area (Å²) in [5, 5.41) is 0.591. The van der Waals surface area contributed by atoms with E-state index in [1.165, 1.54) is 6.07 Å². The highest BCUT2D eigenvalue weighted by atomic mass is 35.5. The van der Waals surface area contributed by atoms with E-state index in [4.69, 9.17) is 23.2 Å². The van der Waals surface area contributed by atoms with Crippen molar-refractivity contribution >= 4 is 29.0 Å². The average Bonchev–Trinajstić information content (AvgIpc) is 2.38. The van der Waals surface area contributed by atoms with Crippen molar-refractivity contribution in [2.24, 2.45) is 0 Å².